The van der Waals surface area contributed by atoms with Gasteiger partial charge >= 0.3 is 0 Å². The van der Waals surface area contributed by atoms with Gasteiger partial charge in [0.25, 0.3) is 5.91 Å². The molecule has 2 amide bonds. The Kier molecular flexibility index (Phi) is 6.38. The SMILES string of the molecule is CCc1ccccc1NC(=O)CNC(=O)c1ccccc1Cc1nc2ccccc2s1. The van der Waals surface area contributed by atoms with E-state index < -0.39 is 0 Å². The molecule has 6 heteroatoms. The van der Waals surface area contributed by atoms with Crippen molar-refractivity contribution in [3.63, 3.8) is 0 Å². The second-order valence-corrected chi connectivity index (χ2v) is 8.27. The van der Waals surface area contributed by atoms with Gasteiger partial charge in [0.1, 0.15) is 0 Å². The lowest BCUT2D eigenvalue weighted by Crippen LogP contribution is -2.33. The van der Waals surface area contributed by atoms with Crippen molar-refractivity contribution >= 4 is 39.1 Å². The van der Waals surface area contributed by atoms with Gasteiger partial charge in [-0.15, -0.1) is 11.3 Å². The number of nitrogens with zero attached hydrogens (tertiary/aromatic N) is 1. The zero-order valence-electron chi connectivity index (χ0n) is 17.2. The third-order valence-corrected chi connectivity index (χ3v) is 6.06. The molecule has 1 heterocycles. The minimum absolute atomic E-state index is 0.0909. The van der Waals surface area contributed by atoms with Crippen molar-refractivity contribution in [2.45, 2.75) is 19.8 Å². The first-order chi connectivity index (χ1) is 15.1. The number of fused-ring (bicyclic) bond motifs is 1. The molecule has 31 heavy (non-hydrogen) atoms. The number of hydrogen-bond acceptors (Lipinski definition) is 4. The van der Waals surface area contributed by atoms with E-state index in [9.17, 15) is 9.59 Å². The molecule has 0 aliphatic rings. The van der Waals surface area contributed by atoms with Crippen LogP contribution in [-0.2, 0) is 17.6 Å². The smallest absolute Gasteiger partial charge is 0.252 e. The van der Waals surface area contributed by atoms with Crippen molar-refractivity contribution in [2.75, 3.05) is 11.9 Å². The number of carbonyl (C=O) groups excluding carboxylic acids is 2. The molecule has 4 rings (SSSR count). The molecule has 5 nitrogen and oxygen atoms in total. The van der Waals surface area contributed by atoms with Gasteiger partial charge in [-0.2, -0.15) is 0 Å². The van der Waals surface area contributed by atoms with Crippen molar-refractivity contribution in [3.05, 3.63) is 94.5 Å². The van der Waals surface area contributed by atoms with E-state index >= 15 is 0 Å². The van der Waals surface area contributed by atoms with E-state index in [0.29, 0.717) is 12.0 Å². The lowest BCUT2D eigenvalue weighted by atomic mass is 10.0. The predicted octanol–water partition coefficient (Wildman–Crippen LogP) is 4.82. The van der Waals surface area contributed by atoms with Crippen molar-refractivity contribution in [2.24, 2.45) is 0 Å². The van der Waals surface area contributed by atoms with Crippen LogP contribution >= 0.6 is 11.3 Å². The number of hydrogen-bond donors (Lipinski definition) is 2. The lowest BCUT2D eigenvalue weighted by molar-refractivity contribution is -0.115. The third-order valence-electron chi connectivity index (χ3n) is 5.02. The molecule has 1 aromatic heterocycles. The quantitative estimate of drug-likeness (QED) is 0.443. The lowest BCUT2D eigenvalue weighted by Gasteiger charge is -2.11. The number of para-hydroxylation sites is 2. The van der Waals surface area contributed by atoms with E-state index in [2.05, 4.69) is 15.6 Å². The first-order valence-electron chi connectivity index (χ1n) is 10.2. The zero-order chi connectivity index (χ0) is 21.6. The summed E-state index contributed by atoms with van der Waals surface area (Å²) < 4.78 is 1.13. The van der Waals surface area contributed by atoms with Gasteiger partial charge in [0.05, 0.1) is 21.8 Å². The highest BCUT2D eigenvalue weighted by Crippen LogP contribution is 2.24. The molecule has 0 fully saturated rings. The monoisotopic (exact) mass is 429 g/mol. The number of aryl methyl sites for hydroxylation is 1. The molecule has 0 saturated heterocycles. The van der Waals surface area contributed by atoms with E-state index in [-0.39, 0.29) is 18.4 Å². The number of benzene rings is 3. The second kappa shape index (κ2) is 9.53. The molecular weight excluding hydrogens is 406 g/mol. The van der Waals surface area contributed by atoms with Crippen LogP contribution < -0.4 is 10.6 Å². The van der Waals surface area contributed by atoms with Gasteiger partial charge in [0.15, 0.2) is 0 Å². The zero-order valence-corrected chi connectivity index (χ0v) is 18.0. The van der Waals surface area contributed by atoms with Crippen molar-refractivity contribution in [3.8, 4) is 0 Å². The number of amides is 2. The summed E-state index contributed by atoms with van der Waals surface area (Å²) >= 11 is 1.63. The summed E-state index contributed by atoms with van der Waals surface area (Å²) in [5.74, 6) is -0.520. The number of nitrogens with one attached hydrogen (secondary N) is 2. The molecule has 4 aromatic rings. The van der Waals surface area contributed by atoms with Crippen LogP contribution in [0.4, 0.5) is 5.69 Å². The Balaban J connectivity index is 1.42. The van der Waals surface area contributed by atoms with Gasteiger partial charge in [-0.25, -0.2) is 4.98 Å². The molecule has 0 aliphatic heterocycles. The fourth-order valence-electron chi connectivity index (χ4n) is 3.46. The number of carbonyl (C=O) groups is 2. The van der Waals surface area contributed by atoms with E-state index in [1.54, 1.807) is 17.4 Å². The molecule has 0 aliphatic carbocycles. The number of aromatic nitrogens is 1. The maximum atomic E-state index is 12.8. The van der Waals surface area contributed by atoms with E-state index in [1.807, 2.05) is 73.7 Å². The maximum Gasteiger partial charge on any atom is 0.252 e. The summed E-state index contributed by atoms with van der Waals surface area (Å²) in [6, 6.07) is 23.1. The molecule has 2 N–H and O–H groups in total. The maximum absolute atomic E-state index is 12.8. The topological polar surface area (TPSA) is 71.1 Å². The molecule has 0 bridgehead atoms. The molecule has 0 unspecified atom stereocenters. The highest BCUT2D eigenvalue weighted by molar-refractivity contribution is 7.18. The van der Waals surface area contributed by atoms with E-state index in [1.165, 1.54) is 0 Å². The Labute approximate surface area is 185 Å². The van der Waals surface area contributed by atoms with Crippen LogP contribution in [0, 0.1) is 0 Å². The summed E-state index contributed by atoms with van der Waals surface area (Å²) in [6.07, 6.45) is 1.39. The Bertz CT molecular complexity index is 1200. The Morgan fingerprint density at radius 1 is 0.903 bits per heavy atom. The molecule has 3 aromatic carbocycles. The third kappa shape index (κ3) is 4.98. The highest BCUT2D eigenvalue weighted by atomic mass is 32.1. The molecule has 156 valence electrons. The second-order valence-electron chi connectivity index (χ2n) is 7.15. The molecule has 0 spiro atoms. The Hall–Kier alpha value is -3.51. The van der Waals surface area contributed by atoms with Crippen LogP contribution in [-0.4, -0.2) is 23.3 Å². The number of thiazole rings is 1. The molecule has 0 radical (unpaired) electrons. The van der Waals surface area contributed by atoms with Gasteiger partial charge in [-0.1, -0.05) is 55.5 Å². The van der Waals surface area contributed by atoms with Gasteiger partial charge in [0, 0.05) is 17.7 Å². The van der Waals surface area contributed by atoms with Crippen molar-refractivity contribution in [1.82, 2.24) is 10.3 Å². The first kappa shape index (κ1) is 20.8. The fraction of sp³-hybridized carbons (Fsp3) is 0.160. The predicted molar refractivity (Wildman–Crippen MR) is 126 cm³/mol. The summed E-state index contributed by atoms with van der Waals surface area (Å²) in [6.45, 7) is 1.95. The average Bonchev–Trinajstić information content (AvgIpc) is 3.20. The molecule has 0 atom stereocenters. The van der Waals surface area contributed by atoms with E-state index in [4.69, 9.17) is 0 Å². The van der Waals surface area contributed by atoms with Gasteiger partial charge in [0.2, 0.25) is 5.91 Å². The summed E-state index contributed by atoms with van der Waals surface area (Å²) in [5, 5.41) is 6.57. The standard InChI is InChI=1S/C25H23N3O2S/c1-2-17-9-4-6-12-20(17)27-23(29)16-26-25(30)19-11-5-3-10-18(19)15-24-28-21-13-7-8-14-22(21)31-24/h3-14H,2,15-16H2,1H3,(H,26,30)(H,27,29). The highest BCUT2D eigenvalue weighted by Gasteiger charge is 2.14. The van der Waals surface area contributed by atoms with Crippen molar-refractivity contribution < 1.29 is 9.59 Å². The largest absolute Gasteiger partial charge is 0.343 e. The summed E-state index contributed by atoms with van der Waals surface area (Å²) in [7, 11) is 0. The van der Waals surface area contributed by atoms with E-state index in [0.717, 1.165) is 38.5 Å². The average molecular weight is 430 g/mol. The van der Waals surface area contributed by atoms with Gasteiger partial charge < -0.3 is 10.6 Å². The van der Waals surface area contributed by atoms with Crippen LogP contribution in [0.2, 0.25) is 0 Å². The minimum Gasteiger partial charge on any atom is -0.343 e. The van der Waals surface area contributed by atoms with Gasteiger partial charge in [-0.3, -0.25) is 9.59 Å². The summed E-state index contributed by atoms with van der Waals surface area (Å²) in [4.78, 5) is 29.8. The van der Waals surface area contributed by atoms with Crippen LogP contribution in [0.3, 0.4) is 0 Å². The van der Waals surface area contributed by atoms with Crippen molar-refractivity contribution in [1.29, 1.82) is 0 Å². The van der Waals surface area contributed by atoms with Crippen LogP contribution in [0.25, 0.3) is 10.2 Å². The normalized spacial score (nSPS) is 10.7. The molecular formula is C25H23N3O2S. The van der Waals surface area contributed by atoms with Crippen LogP contribution in [0.5, 0.6) is 0 Å². The first-order valence-corrected chi connectivity index (χ1v) is 11.0. The number of rotatable bonds is 7. The molecule has 0 saturated carbocycles. The Morgan fingerprint density at radius 2 is 1.61 bits per heavy atom. The fourth-order valence-corrected chi connectivity index (χ4v) is 4.45. The van der Waals surface area contributed by atoms with Crippen LogP contribution in [0.15, 0.2) is 72.8 Å². The minimum atomic E-state index is -0.268. The van der Waals surface area contributed by atoms with Gasteiger partial charge in [-0.05, 0) is 41.8 Å². The summed E-state index contributed by atoms with van der Waals surface area (Å²) in [5.41, 5.74) is 4.25. The number of anilines is 1. The van der Waals surface area contributed by atoms with Crippen LogP contribution in [0.1, 0.15) is 33.4 Å². The Morgan fingerprint density at radius 3 is 2.42 bits per heavy atom.